The molecule has 0 fully saturated rings. The molecule has 130 valence electrons. The summed E-state index contributed by atoms with van der Waals surface area (Å²) in [6.45, 7) is 0.980. The van der Waals surface area contributed by atoms with Crippen molar-refractivity contribution in [2.75, 3.05) is 25.6 Å². The number of fused-ring (bicyclic) bond motifs is 1. The minimum absolute atomic E-state index is 0.272. The van der Waals surface area contributed by atoms with Crippen LogP contribution in [0.5, 0.6) is 5.75 Å². The van der Waals surface area contributed by atoms with Crippen LogP contribution in [0.15, 0.2) is 36.8 Å². The van der Waals surface area contributed by atoms with Crippen molar-refractivity contribution in [2.45, 2.75) is 0 Å². The first-order valence-corrected chi connectivity index (χ1v) is 7.96. The first-order chi connectivity index (χ1) is 12.1. The molecule has 2 heterocycles. The number of pyridine rings is 1. The molecule has 0 atom stereocenters. The van der Waals surface area contributed by atoms with Crippen molar-refractivity contribution < 1.29 is 14.3 Å². The van der Waals surface area contributed by atoms with E-state index in [0.29, 0.717) is 35.8 Å². The van der Waals surface area contributed by atoms with Crippen LogP contribution in [0.3, 0.4) is 0 Å². The monoisotopic (exact) mass is 360 g/mol. The van der Waals surface area contributed by atoms with Crippen LogP contribution in [0.25, 0.3) is 11.2 Å². The fourth-order valence-corrected chi connectivity index (χ4v) is 2.54. The highest BCUT2D eigenvalue weighted by atomic mass is 35.5. The van der Waals surface area contributed by atoms with E-state index in [2.05, 4.69) is 15.3 Å². The molecule has 3 rings (SSSR count). The number of benzene rings is 1. The van der Waals surface area contributed by atoms with Crippen LogP contribution >= 0.6 is 11.6 Å². The number of methoxy groups -OCH3 is 1. The molecule has 2 aromatic heterocycles. The van der Waals surface area contributed by atoms with Crippen molar-refractivity contribution in [1.29, 1.82) is 0 Å². The Morgan fingerprint density at radius 3 is 2.72 bits per heavy atom. The number of nitrogens with zero attached hydrogens (tertiary/aromatic N) is 3. The van der Waals surface area contributed by atoms with Crippen molar-refractivity contribution in [1.82, 2.24) is 14.5 Å². The highest BCUT2D eigenvalue weighted by Gasteiger charge is 2.16. The number of imidazole rings is 1. The quantitative estimate of drug-likeness (QED) is 0.684. The molecular formula is C17H17ClN4O3. The predicted octanol–water partition coefficient (Wildman–Crippen LogP) is 2.90. The largest absolute Gasteiger partial charge is 0.491 e. The lowest BCUT2D eigenvalue weighted by Crippen LogP contribution is -2.13. The zero-order valence-electron chi connectivity index (χ0n) is 13.8. The molecule has 1 amide bonds. The number of hydrogen-bond donors (Lipinski definition) is 1. The third-order valence-corrected chi connectivity index (χ3v) is 3.96. The van der Waals surface area contributed by atoms with Crippen molar-refractivity contribution >= 4 is 34.4 Å². The molecule has 0 aliphatic rings. The predicted molar refractivity (Wildman–Crippen MR) is 95.3 cm³/mol. The Bertz CT molecular complexity index is 893. The third-order valence-electron chi connectivity index (χ3n) is 3.58. The average molecular weight is 361 g/mol. The Balaban J connectivity index is 1.73. The molecule has 0 unspecified atom stereocenters. The Morgan fingerprint density at radius 2 is 2.00 bits per heavy atom. The Kier molecular flexibility index (Phi) is 5.16. The summed E-state index contributed by atoms with van der Waals surface area (Å²) in [6, 6.07) is 7.04. The number of rotatable bonds is 6. The topological polar surface area (TPSA) is 78.3 Å². The Labute approximate surface area is 149 Å². The molecule has 25 heavy (non-hydrogen) atoms. The first-order valence-electron chi connectivity index (χ1n) is 7.59. The van der Waals surface area contributed by atoms with Crippen LogP contribution in [0, 0.1) is 0 Å². The van der Waals surface area contributed by atoms with Gasteiger partial charge in [0.05, 0.1) is 23.5 Å². The van der Waals surface area contributed by atoms with Gasteiger partial charge < -0.3 is 19.4 Å². The number of aryl methyl sites for hydroxylation is 1. The van der Waals surface area contributed by atoms with Crippen molar-refractivity contribution in [3.63, 3.8) is 0 Å². The molecule has 0 spiro atoms. The maximum Gasteiger partial charge on any atom is 0.258 e. The van der Waals surface area contributed by atoms with E-state index in [0.717, 1.165) is 0 Å². The number of halogens is 1. The van der Waals surface area contributed by atoms with Gasteiger partial charge in [-0.3, -0.25) is 4.79 Å². The van der Waals surface area contributed by atoms with Crippen LogP contribution in [0.1, 0.15) is 10.4 Å². The van der Waals surface area contributed by atoms with Gasteiger partial charge in [0.1, 0.15) is 17.9 Å². The second kappa shape index (κ2) is 7.50. The lowest BCUT2D eigenvalue weighted by atomic mass is 10.2. The number of aromatic nitrogens is 3. The molecule has 7 nitrogen and oxygen atoms in total. The minimum atomic E-state index is -0.349. The van der Waals surface area contributed by atoms with Crippen LogP contribution in [0.2, 0.25) is 5.02 Å². The molecule has 3 aromatic rings. The van der Waals surface area contributed by atoms with E-state index in [4.69, 9.17) is 21.1 Å². The van der Waals surface area contributed by atoms with Gasteiger partial charge >= 0.3 is 0 Å². The van der Waals surface area contributed by atoms with Gasteiger partial charge in [-0.1, -0.05) is 11.6 Å². The smallest absolute Gasteiger partial charge is 0.258 e. The van der Waals surface area contributed by atoms with Gasteiger partial charge in [-0.2, -0.15) is 0 Å². The van der Waals surface area contributed by atoms with Gasteiger partial charge in [-0.05, 0) is 24.3 Å². The molecule has 0 saturated heterocycles. The summed E-state index contributed by atoms with van der Waals surface area (Å²) < 4.78 is 12.1. The molecule has 0 bridgehead atoms. The Hall–Kier alpha value is -2.64. The minimum Gasteiger partial charge on any atom is -0.491 e. The zero-order chi connectivity index (χ0) is 17.8. The second-order valence-electron chi connectivity index (χ2n) is 5.33. The summed E-state index contributed by atoms with van der Waals surface area (Å²) in [5.41, 5.74) is 2.02. The number of ether oxygens (including phenoxy) is 2. The zero-order valence-corrected chi connectivity index (χ0v) is 14.6. The van der Waals surface area contributed by atoms with Gasteiger partial charge in [0.25, 0.3) is 5.91 Å². The maximum absolute atomic E-state index is 12.5. The van der Waals surface area contributed by atoms with Crippen molar-refractivity contribution in [3.8, 4) is 5.75 Å². The van der Waals surface area contributed by atoms with E-state index >= 15 is 0 Å². The van der Waals surface area contributed by atoms with Gasteiger partial charge in [0, 0.05) is 26.0 Å². The molecule has 1 N–H and O–H groups in total. The number of anilines is 1. The number of carbonyl (C=O) groups is 1. The van der Waals surface area contributed by atoms with Crippen LogP contribution < -0.4 is 10.1 Å². The average Bonchev–Trinajstić information content (AvgIpc) is 2.99. The number of carbonyl (C=O) groups excluding carboxylic acids is 1. The summed E-state index contributed by atoms with van der Waals surface area (Å²) in [7, 11) is 3.43. The molecular weight excluding hydrogens is 344 g/mol. The second-order valence-corrected chi connectivity index (χ2v) is 5.71. The molecule has 0 radical (unpaired) electrons. The van der Waals surface area contributed by atoms with E-state index in [1.165, 1.54) is 6.20 Å². The van der Waals surface area contributed by atoms with E-state index < -0.39 is 0 Å². The van der Waals surface area contributed by atoms with Crippen molar-refractivity contribution in [2.24, 2.45) is 7.05 Å². The Morgan fingerprint density at radius 1 is 1.24 bits per heavy atom. The van der Waals surface area contributed by atoms with Crippen LogP contribution in [0.4, 0.5) is 5.69 Å². The van der Waals surface area contributed by atoms with E-state index in [9.17, 15) is 4.79 Å². The fourth-order valence-electron chi connectivity index (χ4n) is 2.27. The number of hydrogen-bond acceptors (Lipinski definition) is 5. The lowest BCUT2D eigenvalue weighted by molar-refractivity contribution is 0.102. The van der Waals surface area contributed by atoms with E-state index in [-0.39, 0.29) is 16.5 Å². The summed E-state index contributed by atoms with van der Waals surface area (Å²) in [4.78, 5) is 20.9. The highest BCUT2D eigenvalue weighted by molar-refractivity contribution is 6.38. The van der Waals surface area contributed by atoms with E-state index in [1.807, 2.05) is 7.05 Å². The SMILES string of the molecule is COCCOc1ccc(NC(=O)c2cnc3c(ncn3C)c2Cl)cc1. The summed E-state index contributed by atoms with van der Waals surface area (Å²) >= 11 is 6.30. The normalized spacial score (nSPS) is 10.8. The van der Waals surface area contributed by atoms with Gasteiger partial charge in [-0.15, -0.1) is 0 Å². The highest BCUT2D eigenvalue weighted by Crippen LogP contribution is 2.25. The summed E-state index contributed by atoms with van der Waals surface area (Å²) in [6.07, 6.45) is 3.05. The molecule has 0 saturated carbocycles. The molecule has 8 heteroatoms. The van der Waals surface area contributed by atoms with Crippen LogP contribution in [-0.4, -0.2) is 40.8 Å². The first kappa shape index (κ1) is 17.2. The maximum atomic E-state index is 12.5. The van der Waals surface area contributed by atoms with Crippen LogP contribution in [-0.2, 0) is 11.8 Å². The molecule has 1 aromatic carbocycles. The number of nitrogens with one attached hydrogen (secondary N) is 1. The lowest BCUT2D eigenvalue weighted by Gasteiger charge is -2.09. The third kappa shape index (κ3) is 3.72. The fraction of sp³-hybridized carbons (Fsp3) is 0.235. The van der Waals surface area contributed by atoms with Gasteiger partial charge in [-0.25, -0.2) is 9.97 Å². The standard InChI is InChI=1S/C17H17ClN4O3/c1-22-10-20-15-14(18)13(9-19-16(15)22)17(23)21-11-3-5-12(6-4-11)25-8-7-24-2/h3-6,9-10H,7-8H2,1-2H3,(H,21,23). The molecule has 0 aliphatic carbocycles. The van der Waals surface area contributed by atoms with Gasteiger partial charge in [0.15, 0.2) is 5.65 Å². The van der Waals surface area contributed by atoms with Gasteiger partial charge in [0.2, 0.25) is 0 Å². The molecule has 0 aliphatic heterocycles. The van der Waals surface area contributed by atoms with Crippen molar-refractivity contribution in [3.05, 3.63) is 47.4 Å². The summed E-state index contributed by atoms with van der Waals surface area (Å²) in [5, 5.41) is 3.07. The number of amides is 1. The van der Waals surface area contributed by atoms with E-state index in [1.54, 1.807) is 42.3 Å². The summed E-state index contributed by atoms with van der Waals surface area (Å²) in [5.74, 6) is 0.350.